The van der Waals surface area contributed by atoms with Crippen molar-refractivity contribution in [2.45, 2.75) is 19.4 Å². The van der Waals surface area contributed by atoms with Crippen LogP contribution in [0.25, 0.3) is 0 Å². The Balaban J connectivity index is 1.73. The second-order valence-corrected chi connectivity index (χ2v) is 4.10. The van der Waals surface area contributed by atoms with Crippen molar-refractivity contribution in [3.05, 3.63) is 0 Å². The molecule has 1 heterocycles. The molecule has 0 aliphatic carbocycles. The zero-order valence-corrected chi connectivity index (χ0v) is 7.95. The fourth-order valence-electron chi connectivity index (χ4n) is 0.935. The summed E-state index contributed by atoms with van der Waals surface area (Å²) in [6, 6.07) is 0. The van der Waals surface area contributed by atoms with Gasteiger partial charge in [-0.25, -0.2) is 0 Å². The van der Waals surface area contributed by atoms with Gasteiger partial charge in [0.25, 0.3) is 0 Å². The Bertz CT molecular complexity index is 96.1. The second kappa shape index (κ2) is 5.86. The Morgan fingerprint density at radius 3 is 2.91 bits per heavy atom. The molecule has 1 N–H and O–H groups in total. The normalized spacial score (nSPS) is 18.3. The number of hydrogen-bond acceptors (Lipinski definition) is 3. The van der Waals surface area contributed by atoms with Gasteiger partial charge in [0.05, 0.1) is 6.10 Å². The molecule has 0 radical (unpaired) electrons. The van der Waals surface area contributed by atoms with Gasteiger partial charge in [0, 0.05) is 19.7 Å². The summed E-state index contributed by atoms with van der Waals surface area (Å²) in [5.74, 6) is 2.47. The molecule has 1 aliphatic heterocycles. The molecule has 0 aromatic rings. The molecule has 2 nitrogen and oxygen atoms in total. The summed E-state index contributed by atoms with van der Waals surface area (Å²) in [7, 11) is 0. The molecule has 11 heavy (non-hydrogen) atoms. The molecule has 1 saturated heterocycles. The van der Waals surface area contributed by atoms with E-state index in [0.717, 1.165) is 19.7 Å². The van der Waals surface area contributed by atoms with Gasteiger partial charge in [-0.2, -0.15) is 11.8 Å². The number of ether oxygens (including phenoxy) is 1. The van der Waals surface area contributed by atoms with Gasteiger partial charge in [0.15, 0.2) is 0 Å². The summed E-state index contributed by atoms with van der Waals surface area (Å²) in [4.78, 5) is 0. The smallest absolute Gasteiger partial charge is 0.0823 e. The van der Waals surface area contributed by atoms with Crippen LogP contribution in [0.4, 0.5) is 0 Å². The third-order valence-electron chi connectivity index (χ3n) is 1.73. The third-order valence-corrected chi connectivity index (χ3v) is 2.72. The largest absolute Gasteiger partial charge is 0.376 e. The van der Waals surface area contributed by atoms with Gasteiger partial charge < -0.3 is 10.1 Å². The van der Waals surface area contributed by atoms with Crippen LogP contribution >= 0.6 is 11.8 Å². The van der Waals surface area contributed by atoms with Crippen molar-refractivity contribution in [2.24, 2.45) is 0 Å². The minimum atomic E-state index is 0.515. The first kappa shape index (κ1) is 9.36. The predicted octanol–water partition coefficient (Wildman–Crippen LogP) is 1.12. The number of rotatable bonds is 6. The topological polar surface area (TPSA) is 21.3 Å². The molecule has 3 heteroatoms. The van der Waals surface area contributed by atoms with E-state index in [1.807, 2.05) is 11.8 Å². The Labute approximate surface area is 73.1 Å². The van der Waals surface area contributed by atoms with Crippen LogP contribution in [-0.2, 0) is 4.74 Å². The predicted molar refractivity (Wildman–Crippen MR) is 50.2 cm³/mol. The van der Waals surface area contributed by atoms with Gasteiger partial charge >= 0.3 is 0 Å². The highest BCUT2D eigenvalue weighted by Gasteiger charge is 2.15. The first-order chi connectivity index (χ1) is 5.43. The summed E-state index contributed by atoms with van der Waals surface area (Å²) >= 11 is 1.99. The monoisotopic (exact) mass is 175 g/mol. The van der Waals surface area contributed by atoms with Gasteiger partial charge in [-0.1, -0.05) is 6.92 Å². The highest BCUT2D eigenvalue weighted by atomic mass is 32.2. The highest BCUT2D eigenvalue weighted by Crippen LogP contribution is 2.03. The zero-order chi connectivity index (χ0) is 7.94. The SMILES string of the molecule is CCSCCCOC1CNC1. The molecule has 0 saturated carbocycles. The summed E-state index contributed by atoms with van der Waals surface area (Å²) in [6.45, 7) is 5.25. The maximum Gasteiger partial charge on any atom is 0.0823 e. The van der Waals surface area contributed by atoms with E-state index in [1.165, 1.54) is 17.9 Å². The van der Waals surface area contributed by atoms with Gasteiger partial charge in [-0.15, -0.1) is 0 Å². The van der Waals surface area contributed by atoms with Gasteiger partial charge in [-0.3, -0.25) is 0 Å². The summed E-state index contributed by atoms with van der Waals surface area (Å²) in [5.41, 5.74) is 0. The minimum absolute atomic E-state index is 0.515. The molecule has 0 unspecified atom stereocenters. The van der Waals surface area contributed by atoms with Crippen molar-refractivity contribution >= 4 is 11.8 Å². The van der Waals surface area contributed by atoms with Crippen LogP contribution in [0.3, 0.4) is 0 Å². The first-order valence-corrected chi connectivity index (χ1v) is 5.49. The first-order valence-electron chi connectivity index (χ1n) is 4.33. The Kier molecular flexibility index (Phi) is 4.99. The lowest BCUT2D eigenvalue weighted by molar-refractivity contribution is 0.0198. The lowest BCUT2D eigenvalue weighted by Gasteiger charge is -2.26. The third kappa shape index (κ3) is 3.99. The van der Waals surface area contributed by atoms with Crippen LogP contribution in [0.2, 0.25) is 0 Å². The van der Waals surface area contributed by atoms with E-state index in [1.54, 1.807) is 0 Å². The maximum absolute atomic E-state index is 5.55. The molecule has 0 spiro atoms. The lowest BCUT2D eigenvalue weighted by atomic mass is 10.2. The molecular formula is C8H17NOS. The van der Waals surface area contributed by atoms with E-state index in [4.69, 9.17) is 4.74 Å². The van der Waals surface area contributed by atoms with E-state index in [9.17, 15) is 0 Å². The van der Waals surface area contributed by atoms with Crippen molar-refractivity contribution in [2.75, 3.05) is 31.2 Å². The average Bonchev–Trinajstić information content (AvgIpc) is 1.93. The fraction of sp³-hybridized carbons (Fsp3) is 1.00. The molecule has 0 amide bonds. The molecule has 1 fully saturated rings. The molecular weight excluding hydrogens is 158 g/mol. The van der Waals surface area contributed by atoms with Crippen molar-refractivity contribution < 1.29 is 4.74 Å². The molecule has 0 atom stereocenters. The molecule has 0 aromatic carbocycles. The minimum Gasteiger partial charge on any atom is -0.376 e. The highest BCUT2D eigenvalue weighted by molar-refractivity contribution is 7.99. The van der Waals surface area contributed by atoms with E-state index >= 15 is 0 Å². The number of nitrogens with one attached hydrogen (secondary N) is 1. The maximum atomic E-state index is 5.55. The average molecular weight is 175 g/mol. The van der Waals surface area contributed by atoms with Crippen molar-refractivity contribution in [1.29, 1.82) is 0 Å². The Hall–Kier alpha value is 0.270. The summed E-state index contributed by atoms with van der Waals surface area (Å²) in [5, 5.41) is 3.18. The van der Waals surface area contributed by atoms with Gasteiger partial charge in [0.1, 0.15) is 0 Å². The van der Waals surface area contributed by atoms with E-state index in [-0.39, 0.29) is 0 Å². The van der Waals surface area contributed by atoms with Crippen molar-refractivity contribution in [3.63, 3.8) is 0 Å². The summed E-state index contributed by atoms with van der Waals surface area (Å²) in [6.07, 6.45) is 1.72. The van der Waals surface area contributed by atoms with E-state index in [0.29, 0.717) is 6.10 Å². The quantitative estimate of drug-likeness (QED) is 0.611. The Morgan fingerprint density at radius 1 is 1.55 bits per heavy atom. The molecule has 1 rings (SSSR count). The molecule has 0 bridgehead atoms. The van der Waals surface area contributed by atoms with E-state index < -0.39 is 0 Å². The summed E-state index contributed by atoms with van der Waals surface area (Å²) < 4.78 is 5.55. The van der Waals surface area contributed by atoms with Crippen LogP contribution < -0.4 is 5.32 Å². The van der Waals surface area contributed by atoms with Crippen LogP contribution in [0, 0.1) is 0 Å². The van der Waals surface area contributed by atoms with Crippen molar-refractivity contribution in [1.82, 2.24) is 5.32 Å². The van der Waals surface area contributed by atoms with Crippen LogP contribution in [0.1, 0.15) is 13.3 Å². The zero-order valence-electron chi connectivity index (χ0n) is 7.14. The number of hydrogen-bond donors (Lipinski definition) is 1. The number of thioether (sulfide) groups is 1. The van der Waals surface area contributed by atoms with Crippen LogP contribution in [0.5, 0.6) is 0 Å². The second-order valence-electron chi connectivity index (χ2n) is 2.70. The lowest BCUT2D eigenvalue weighted by Crippen LogP contribution is -2.48. The molecule has 66 valence electrons. The molecule has 0 aromatic heterocycles. The van der Waals surface area contributed by atoms with Gasteiger partial charge in [-0.05, 0) is 17.9 Å². The van der Waals surface area contributed by atoms with Gasteiger partial charge in [0.2, 0.25) is 0 Å². The van der Waals surface area contributed by atoms with Crippen molar-refractivity contribution in [3.8, 4) is 0 Å². The van der Waals surface area contributed by atoms with E-state index in [2.05, 4.69) is 12.2 Å². The Morgan fingerprint density at radius 2 is 2.36 bits per heavy atom. The van der Waals surface area contributed by atoms with Crippen LogP contribution in [-0.4, -0.2) is 37.3 Å². The molecule has 1 aliphatic rings. The fourth-order valence-corrected chi connectivity index (χ4v) is 1.55. The van der Waals surface area contributed by atoms with Crippen LogP contribution in [0.15, 0.2) is 0 Å². The standard InChI is InChI=1S/C8H17NOS/c1-2-11-5-3-4-10-8-6-9-7-8/h8-9H,2-7H2,1H3.